The molecule has 7 heteroatoms. The number of carbonyl (C=O) groups is 1. The number of carbonyl (C=O) groups excluding carboxylic acids is 1. The topological polar surface area (TPSA) is 84.5 Å². The third kappa shape index (κ3) is 3.62. The van der Waals surface area contributed by atoms with E-state index in [2.05, 4.69) is 10.2 Å². The Morgan fingerprint density at radius 1 is 1.07 bits per heavy atom. The van der Waals surface area contributed by atoms with Crippen LogP contribution in [0.3, 0.4) is 0 Å². The Bertz CT molecular complexity index is 1030. The van der Waals surface area contributed by atoms with Gasteiger partial charge in [-0.25, -0.2) is 5.10 Å². The molecule has 0 radical (unpaired) electrons. The molecule has 0 fully saturated rings. The van der Waals surface area contributed by atoms with Crippen molar-refractivity contribution in [3.05, 3.63) is 64.1 Å². The number of hydrogen-bond donors (Lipinski definition) is 1. The molecular weight excluding hydrogens is 346 g/mol. The minimum absolute atomic E-state index is 0.229. The van der Waals surface area contributed by atoms with Gasteiger partial charge in [0.1, 0.15) is 0 Å². The van der Waals surface area contributed by atoms with Crippen molar-refractivity contribution in [2.45, 2.75) is 13.5 Å². The Hall–Kier alpha value is -3.35. The molecule has 1 N–H and O–H groups in total. The fraction of sp³-hybridized carbons (Fsp3) is 0.250. The number of amides is 1. The van der Waals surface area contributed by atoms with Crippen LogP contribution in [0.2, 0.25) is 0 Å². The molecule has 0 aliphatic heterocycles. The third-order valence-electron chi connectivity index (χ3n) is 4.39. The number of methoxy groups -OCH3 is 2. The van der Waals surface area contributed by atoms with Crippen molar-refractivity contribution in [2.24, 2.45) is 0 Å². The number of nitrogens with one attached hydrogen (secondary N) is 1. The zero-order valence-electron chi connectivity index (χ0n) is 15.5. The van der Waals surface area contributed by atoms with E-state index < -0.39 is 0 Å². The number of benzene rings is 2. The molecule has 0 saturated heterocycles. The lowest BCUT2D eigenvalue weighted by atomic mass is 10.1. The lowest BCUT2D eigenvalue weighted by Crippen LogP contribution is -2.32. The molecule has 0 aliphatic rings. The molecule has 0 atom stereocenters. The van der Waals surface area contributed by atoms with Crippen LogP contribution in [-0.4, -0.2) is 41.8 Å². The summed E-state index contributed by atoms with van der Waals surface area (Å²) in [5.41, 5.74) is 0.814. The second-order valence-corrected chi connectivity index (χ2v) is 5.96. The number of aromatic nitrogens is 2. The highest BCUT2D eigenvalue weighted by Crippen LogP contribution is 2.28. The van der Waals surface area contributed by atoms with Crippen molar-refractivity contribution >= 4 is 16.7 Å². The van der Waals surface area contributed by atoms with E-state index in [1.54, 1.807) is 49.5 Å². The summed E-state index contributed by atoms with van der Waals surface area (Å²) in [6.45, 7) is 2.76. The van der Waals surface area contributed by atoms with Gasteiger partial charge in [0.25, 0.3) is 11.5 Å². The smallest absolute Gasteiger partial charge is 0.275 e. The molecule has 0 spiro atoms. The Balaban J connectivity index is 1.94. The summed E-state index contributed by atoms with van der Waals surface area (Å²) >= 11 is 0. The maximum atomic E-state index is 13.1. The van der Waals surface area contributed by atoms with Crippen LogP contribution < -0.4 is 15.0 Å². The molecule has 27 heavy (non-hydrogen) atoms. The number of nitrogens with zero attached hydrogens (tertiary/aromatic N) is 2. The SMILES string of the molecule is CCN(Cc1ccc(OC)c(OC)c1)C(=O)c1n[nH]c(=O)c2ccccc12. The fourth-order valence-electron chi connectivity index (χ4n) is 2.95. The summed E-state index contributed by atoms with van der Waals surface area (Å²) in [4.78, 5) is 26.7. The van der Waals surface area contributed by atoms with Gasteiger partial charge in [0.2, 0.25) is 0 Å². The first-order valence-corrected chi connectivity index (χ1v) is 8.56. The summed E-state index contributed by atoms with van der Waals surface area (Å²) < 4.78 is 10.6. The monoisotopic (exact) mass is 367 g/mol. The van der Waals surface area contributed by atoms with Gasteiger partial charge in [-0.3, -0.25) is 9.59 Å². The maximum Gasteiger partial charge on any atom is 0.275 e. The average molecular weight is 367 g/mol. The van der Waals surface area contributed by atoms with Crippen molar-refractivity contribution in [3.8, 4) is 11.5 Å². The van der Waals surface area contributed by atoms with Crippen molar-refractivity contribution in [3.63, 3.8) is 0 Å². The predicted molar refractivity (Wildman–Crippen MR) is 102 cm³/mol. The second-order valence-electron chi connectivity index (χ2n) is 5.96. The quantitative estimate of drug-likeness (QED) is 0.724. The predicted octanol–water partition coefficient (Wildman–Crippen LogP) is 2.60. The summed E-state index contributed by atoms with van der Waals surface area (Å²) in [6, 6.07) is 12.5. The van der Waals surface area contributed by atoms with Gasteiger partial charge in [-0.2, -0.15) is 5.10 Å². The second kappa shape index (κ2) is 7.90. The number of ether oxygens (including phenoxy) is 2. The first kappa shape index (κ1) is 18.4. The van der Waals surface area contributed by atoms with Gasteiger partial charge >= 0.3 is 0 Å². The van der Waals surface area contributed by atoms with E-state index >= 15 is 0 Å². The zero-order valence-corrected chi connectivity index (χ0v) is 15.5. The molecule has 1 aromatic heterocycles. The average Bonchev–Trinajstić information content (AvgIpc) is 2.71. The van der Waals surface area contributed by atoms with E-state index in [9.17, 15) is 9.59 Å². The van der Waals surface area contributed by atoms with E-state index in [1.807, 2.05) is 19.1 Å². The largest absolute Gasteiger partial charge is 0.493 e. The standard InChI is InChI=1S/C20H21N3O4/c1-4-23(12-13-9-10-16(26-2)17(11-13)27-3)20(25)18-14-7-5-6-8-15(14)19(24)22-21-18/h5-11H,4,12H2,1-3H3,(H,22,24). The van der Waals surface area contributed by atoms with Crippen LogP contribution in [0.15, 0.2) is 47.3 Å². The highest BCUT2D eigenvalue weighted by atomic mass is 16.5. The summed E-state index contributed by atoms with van der Waals surface area (Å²) in [7, 11) is 3.15. The van der Waals surface area contributed by atoms with Gasteiger partial charge in [0.05, 0.1) is 19.6 Å². The summed E-state index contributed by atoms with van der Waals surface area (Å²) in [6.07, 6.45) is 0. The molecule has 2 aromatic carbocycles. The highest BCUT2D eigenvalue weighted by molar-refractivity contribution is 6.04. The van der Waals surface area contributed by atoms with Gasteiger partial charge in [-0.1, -0.05) is 24.3 Å². The van der Waals surface area contributed by atoms with E-state index in [4.69, 9.17) is 9.47 Å². The van der Waals surface area contributed by atoms with Crippen LogP contribution in [0.4, 0.5) is 0 Å². The van der Waals surface area contributed by atoms with Gasteiger partial charge in [-0.15, -0.1) is 0 Å². The molecule has 0 bridgehead atoms. The van der Waals surface area contributed by atoms with Gasteiger partial charge in [-0.05, 0) is 30.7 Å². The van der Waals surface area contributed by atoms with Crippen molar-refractivity contribution in [2.75, 3.05) is 20.8 Å². The Morgan fingerprint density at radius 3 is 2.44 bits per heavy atom. The summed E-state index contributed by atoms with van der Waals surface area (Å²) in [5.74, 6) is 0.981. The van der Waals surface area contributed by atoms with Crippen LogP contribution in [0, 0.1) is 0 Å². The van der Waals surface area contributed by atoms with E-state index in [1.165, 1.54) is 0 Å². The Labute approximate surface area is 156 Å². The Morgan fingerprint density at radius 2 is 1.78 bits per heavy atom. The van der Waals surface area contributed by atoms with Crippen LogP contribution >= 0.6 is 0 Å². The number of H-pyrrole nitrogens is 1. The van der Waals surface area contributed by atoms with Crippen molar-refractivity contribution in [1.29, 1.82) is 0 Å². The number of rotatable bonds is 6. The number of hydrogen-bond acceptors (Lipinski definition) is 5. The molecule has 1 heterocycles. The molecule has 1 amide bonds. The first-order chi connectivity index (χ1) is 13.1. The molecule has 3 rings (SSSR count). The molecule has 3 aromatic rings. The van der Waals surface area contributed by atoms with E-state index in [0.29, 0.717) is 35.4 Å². The van der Waals surface area contributed by atoms with Crippen LogP contribution in [0.5, 0.6) is 11.5 Å². The molecular formula is C20H21N3O4. The van der Waals surface area contributed by atoms with Gasteiger partial charge in [0.15, 0.2) is 17.2 Å². The summed E-state index contributed by atoms with van der Waals surface area (Å²) in [5, 5.41) is 7.40. The van der Waals surface area contributed by atoms with Crippen LogP contribution in [0.1, 0.15) is 23.0 Å². The molecule has 7 nitrogen and oxygen atoms in total. The molecule has 0 saturated carbocycles. The fourth-order valence-corrected chi connectivity index (χ4v) is 2.95. The van der Waals surface area contributed by atoms with Crippen LogP contribution in [-0.2, 0) is 6.54 Å². The van der Waals surface area contributed by atoms with Gasteiger partial charge in [0, 0.05) is 18.5 Å². The first-order valence-electron chi connectivity index (χ1n) is 8.56. The van der Waals surface area contributed by atoms with E-state index in [-0.39, 0.29) is 17.2 Å². The lowest BCUT2D eigenvalue weighted by molar-refractivity contribution is 0.0747. The molecule has 0 aliphatic carbocycles. The van der Waals surface area contributed by atoms with Gasteiger partial charge < -0.3 is 14.4 Å². The number of fused-ring (bicyclic) bond motifs is 1. The lowest BCUT2D eigenvalue weighted by Gasteiger charge is -2.21. The molecule has 140 valence electrons. The Kier molecular flexibility index (Phi) is 5.40. The maximum absolute atomic E-state index is 13.1. The van der Waals surface area contributed by atoms with Crippen molar-refractivity contribution in [1.82, 2.24) is 15.1 Å². The highest BCUT2D eigenvalue weighted by Gasteiger charge is 2.20. The van der Waals surface area contributed by atoms with Crippen LogP contribution in [0.25, 0.3) is 10.8 Å². The van der Waals surface area contributed by atoms with E-state index in [0.717, 1.165) is 5.56 Å². The minimum atomic E-state index is -0.315. The number of aromatic amines is 1. The normalized spacial score (nSPS) is 10.6. The van der Waals surface area contributed by atoms with Crippen molar-refractivity contribution < 1.29 is 14.3 Å². The molecule has 0 unspecified atom stereocenters. The third-order valence-corrected chi connectivity index (χ3v) is 4.39. The zero-order chi connectivity index (χ0) is 19.4. The minimum Gasteiger partial charge on any atom is -0.493 e.